The van der Waals surface area contributed by atoms with Gasteiger partial charge in [0.2, 0.25) is 5.91 Å². The number of nitrogens with one attached hydrogen (secondary N) is 1. The number of fused-ring (bicyclic) bond motifs is 1. The third-order valence-electron chi connectivity index (χ3n) is 6.54. The Hall–Kier alpha value is -3.45. The number of anilines is 1. The summed E-state index contributed by atoms with van der Waals surface area (Å²) in [7, 11) is 0. The van der Waals surface area contributed by atoms with Gasteiger partial charge in [-0.25, -0.2) is 4.79 Å². The summed E-state index contributed by atoms with van der Waals surface area (Å²) >= 11 is 1.49. The minimum atomic E-state index is -0.362. The van der Waals surface area contributed by atoms with Gasteiger partial charge in [-0.1, -0.05) is 84.9 Å². The van der Waals surface area contributed by atoms with Gasteiger partial charge in [-0.2, -0.15) is 0 Å². The van der Waals surface area contributed by atoms with E-state index in [0.717, 1.165) is 53.2 Å². The lowest BCUT2D eigenvalue weighted by atomic mass is 10.0. The molecule has 0 bridgehead atoms. The van der Waals surface area contributed by atoms with E-state index in [9.17, 15) is 9.59 Å². The molecule has 1 amide bonds. The summed E-state index contributed by atoms with van der Waals surface area (Å²) in [5.74, 6) is -0.503. The molecule has 0 unspecified atom stereocenters. The van der Waals surface area contributed by atoms with E-state index in [-0.39, 0.29) is 30.7 Å². The number of amides is 1. The van der Waals surface area contributed by atoms with Crippen LogP contribution >= 0.6 is 23.7 Å². The smallest absolute Gasteiger partial charge is 0.341 e. The number of carbonyl (C=O) groups excluding carboxylic acids is 2. The van der Waals surface area contributed by atoms with Gasteiger partial charge in [0.15, 0.2) is 0 Å². The van der Waals surface area contributed by atoms with E-state index < -0.39 is 0 Å². The summed E-state index contributed by atoms with van der Waals surface area (Å²) in [5, 5.41) is 3.62. The Labute approximate surface area is 233 Å². The summed E-state index contributed by atoms with van der Waals surface area (Å²) in [6.07, 6.45) is 0.990. The van der Waals surface area contributed by atoms with Crippen LogP contribution in [0.2, 0.25) is 0 Å². The number of nitrogens with zero attached hydrogens (tertiary/aromatic N) is 1. The van der Waals surface area contributed by atoms with Gasteiger partial charge in [0.1, 0.15) is 5.00 Å². The molecular formula is C31H31ClN2O3S. The Morgan fingerprint density at radius 1 is 0.895 bits per heavy atom. The molecule has 4 aromatic rings. The Bertz CT molecular complexity index is 1370. The van der Waals surface area contributed by atoms with Crippen LogP contribution in [0.15, 0.2) is 84.9 Å². The Balaban J connectivity index is 0.00000336. The molecule has 1 aromatic heterocycles. The highest BCUT2D eigenvalue weighted by atomic mass is 35.5. The SMILES string of the molecule is CCOC(=O)c1c(NC(=O)Cc2ccc(-c3ccccc3)cc2)sc2c1CCN(Cc1ccccc1)C2.Cl. The minimum Gasteiger partial charge on any atom is -0.462 e. The minimum absolute atomic E-state index is 0. The molecular weight excluding hydrogens is 516 g/mol. The molecule has 3 aromatic carbocycles. The van der Waals surface area contributed by atoms with E-state index in [1.165, 1.54) is 16.9 Å². The van der Waals surface area contributed by atoms with Crippen molar-refractivity contribution in [3.8, 4) is 11.1 Å². The van der Waals surface area contributed by atoms with Crippen molar-refractivity contribution in [3.63, 3.8) is 0 Å². The van der Waals surface area contributed by atoms with Gasteiger partial charge in [-0.05, 0) is 41.2 Å². The van der Waals surface area contributed by atoms with Crippen LogP contribution in [-0.4, -0.2) is 29.9 Å². The highest BCUT2D eigenvalue weighted by Gasteiger charge is 2.29. The lowest BCUT2D eigenvalue weighted by Crippen LogP contribution is -2.30. The molecule has 0 saturated heterocycles. The van der Waals surface area contributed by atoms with Crippen LogP contribution in [0.5, 0.6) is 0 Å². The van der Waals surface area contributed by atoms with E-state index in [2.05, 4.69) is 46.6 Å². The van der Waals surface area contributed by atoms with Crippen molar-refractivity contribution in [2.45, 2.75) is 32.9 Å². The van der Waals surface area contributed by atoms with Crippen molar-refractivity contribution in [1.29, 1.82) is 0 Å². The topological polar surface area (TPSA) is 58.6 Å². The second-order valence-electron chi connectivity index (χ2n) is 9.16. The zero-order chi connectivity index (χ0) is 25.6. The van der Waals surface area contributed by atoms with Crippen molar-refractivity contribution in [2.75, 3.05) is 18.5 Å². The van der Waals surface area contributed by atoms with Crippen LogP contribution in [0, 0.1) is 0 Å². The number of ether oxygens (including phenoxy) is 1. The Morgan fingerprint density at radius 2 is 1.55 bits per heavy atom. The molecule has 5 nitrogen and oxygen atoms in total. The van der Waals surface area contributed by atoms with E-state index in [1.807, 2.05) is 48.5 Å². The zero-order valence-corrected chi connectivity index (χ0v) is 22.9. The van der Waals surface area contributed by atoms with Crippen LogP contribution < -0.4 is 5.32 Å². The summed E-state index contributed by atoms with van der Waals surface area (Å²) in [4.78, 5) is 29.4. The van der Waals surface area contributed by atoms with Crippen LogP contribution in [0.25, 0.3) is 11.1 Å². The fraction of sp³-hybridized carbons (Fsp3) is 0.226. The molecule has 196 valence electrons. The third kappa shape index (κ3) is 6.51. The Kier molecular flexibility index (Phi) is 9.34. The molecule has 2 heterocycles. The van der Waals surface area contributed by atoms with E-state index in [0.29, 0.717) is 17.2 Å². The van der Waals surface area contributed by atoms with Crippen molar-refractivity contribution in [2.24, 2.45) is 0 Å². The van der Waals surface area contributed by atoms with E-state index in [1.54, 1.807) is 6.92 Å². The Morgan fingerprint density at radius 3 is 2.24 bits per heavy atom. The maximum absolute atomic E-state index is 13.0. The van der Waals surface area contributed by atoms with Gasteiger partial charge in [-0.3, -0.25) is 9.69 Å². The summed E-state index contributed by atoms with van der Waals surface area (Å²) in [5.41, 5.74) is 5.97. The normalized spacial score (nSPS) is 12.8. The maximum Gasteiger partial charge on any atom is 0.341 e. The largest absolute Gasteiger partial charge is 0.462 e. The molecule has 5 rings (SSSR count). The highest BCUT2D eigenvalue weighted by Crippen LogP contribution is 2.38. The van der Waals surface area contributed by atoms with Crippen molar-refractivity contribution in [3.05, 3.63) is 112 Å². The van der Waals surface area contributed by atoms with Gasteiger partial charge >= 0.3 is 5.97 Å². The average molecular weight is 547 g/mol. The quantitative estimate of drug-likeness (QED) is 0.248. The van der Waals surface area contributed by atoms with Gasteiger partial charge in [0.25, 0.3) is 0 Å². The second kappa shape index (κ2) is 12.9. The molecule has 0 spiro atoms. The number of esters is 1. The first kappa shape index (κ1) is 27.6. The zero-order valence-electron chi connectivity index (χ0n) is 21.3. The van der Waals surface area contributed by atoms with Gasteiger partial charge in [-0.15, -0.1) is 23.7 Å². The number of rotatable bonds is 8. The monoisotopic (exact) mass is 546 g/mol. The summed E-state index contributed by atoms with van der Waals surface area (Å²) < 4.78 is 5.37. The molecule has 38 heavy (non-hydrogen) atoms. The van der Waals surface area contributed by atoms with Crippen LogP contribution in [0.3, 0.4) is 0 Å². The number of hydrogen-bond acceptors (Lipinski definition) is 5. The molecule has 1 N–H and O–H groups in total. The third-order valence-corrected chi connectivity index (χ3v) is 7.68. The lowest BCUT2D eigenvalue weighted by molar-refractivity contribution is -0.115. The average Bonchev–Trinajstić information content (AvgIpc) is 3.27. The first-order chi connectivity index (χ1) is 18.1. The number of thiophene rings is 1. The number of benzene rings is 3. The maximum atomic E-state index is 13.0. The standard InChI is InChI=1S/C31H30N2O3S.ClH/c1-2-36-31(35)29-26-17-18-33(20-23-9-5-3-6-10-23)21-27(26)37-30(29)32-28(34)19-22-13-15-25(16-14-22)24-11-7-4-8-12-24;/h3-16H,2,17-21H2,1H3,(H,32,34);1H. The van der Waals surface area contributed by atoms with Crippen molar-refractivity contribution >= 4 is 40.6 Å². The molecule has 0 fully saturated rings. The van der Waals surface area contributed by atoms with Crippen LogP contribution in [-0.2, 0) is 35.5 Å². The molecule has 0 radical (unpaired) electrons. The number of carbonyl (C=O) groups is 2. The molecule has 1 aliphatic rings. The lowest BCUT2D eigenvalue weighted by Gasteiger charge is -2.27. The molecule has 0 saturated carbocycles. The second-order valence-corrected chi connectivity index (χ2v) is 10.3. The fourth-order valence-electron chi connectivity index (χ4n) is 4.74. The predicted octanol–water partition coefficient (Wildman–Crippen LogP) is 6.75. The van der Waals surface area contributed by atoms with Crippen LogP contribution in [0.1, 0.15) is 38.8 Å². The van der Waals surface area contributed by atoms with Crippen molar-refractivity contribution < 1.29 is 14.3 Å². The molecule has 0 aliphatic carbocycles. The fourth-order valence-corrected chi connectivity index (χ4v) is 6.04. The number of halogens is 1. The van der Waals surface area contributed by atoms with Crippen LogP contribution in [0.4, 0.5) is 5.00 Å². The number of hydrogen-bond donors (Lipinski definition) is 1. The van der Waals surface area contributed by atoms with Gasteiger partial charge in [0, 0.05) is 24.5 Å². The van der Waals surface area contributed by atoms with E-state index >= 15 is 0 Å². The molecule has 1 aliphatic heterocycles. The van der Waals surface area contributed by atoms with Gasteiger partial charge in [0.05, 0.1) is 18.6 Å². The van der Waals surface area contributed by atoms with Crippen molar-refractivity contribution in [1.82, 2.24) is 4.90 Å². The molecule has 7 heteroatoms. The molecule has 0 atom stereocenters. The van der Waals surface area contributed by atoms with E-state index in [4.69, 9.17) is 4.74 Å². The predicted molar refractivity (Wildman–Crippen MR) is 156 cm³/mol. The summed E-state index contributed by atoms with van der Waals surface area (Å²) in [6, 6.07) is 28.6. The summed E-state index contributed by atoms with van der Waals surface area (Å²) in [6.45, 7) is 4.55. The van der Waals surface area contributed by atoms with Gasteiger partial charge < -0.3 is 10.1 Å². The highest BCUT2D eigenvalue weighted by molar-refractivity contribution is 7.17. The first-order valence-corrected chi connectivity index (χ1v) is 13.4. The first-order valence-electron chi connectivity index (χ1n) is 12.6.